The topological polar surface area (TPSA) is 42.1 Å². The van der Waals surface area contributed by atoms with Crippen LogP contribution in [0.15, 0.2) is 0 Å². The van der Waals surface area contributed by atoms with E-state index >= 15 is 0 Å². The van der Waals surface area contributed by atoms with Crippen molar-refractivity contribution in [2.75, 3.05) is 6.66 Å². The minimum absolute atomic E-state index is 1.41. The molecule has 1 aliphatic rings. The van der Waals surface area contributed by atoms with Gasteiger partial charge in [0.2, 0.25) is 0 Å². The molecule has 0 spiro atoms. The Morgan fingerprint density at radius 2 is 1.80 bits per heavy atom. The summed E-state index contributed by atoms with van der Waals surface area (Å²) >= 11 is 0. The van der Waals surface area contributed by atoms with Crippen molar-refractivity contribution in [1.82, 2.24) is 0 Å². The van der Waals surface area contributed by atoms with Crippen LogP contribution >= 0.6 is 7.60 Å². The van der Waals surface area contributed by atoms with Gasteiger partial charge in [0.25, 0.3) is 0 Å². The molecule has 0 aromatic rings. The third-order valence-electron chi connectivity index (χ3n) is 0.284. The molecule has 0 N–H and O–H groups in total. The Balaban J connectivity index is 2.72. The van der Waals surface area contributed by atoms with E-state index in [0.29, 0.717) is 0 Å². The van der Waals surface area contributed by atoms with Gasteiger partial charge in [0, 0.05) is 6.66 Å². The second-order valence-corrected chi connectivity index (χ2v) is 2.76. The normalized spacial score (nSPS) is 29.8. The summed E-state index contributed by atoms with van der Waals surface area (Å²) < 4.78 is 17.8. The molecule has 1 fully saturated rings. The van der Waals surface area contributed by atoms with Crippen LogP contribution in [0.5, 0.6) is 0 Å². The summed E-state index contributed by atoms with van der Waals surface area (Å²) in [7, 11) is -2.39. The number of hydrogen-bond acceptors (Lipinski definition) is 3. The largest absolute Gasteiger partial charge is 0.382 e. The highest BCUT2D eigenvalue weighted by Gasteiger charge is 2.35. The first-order valence-corrected chi connectivity index (χ1v) is 3.15. The van der Waals surface area contributed by atoms with Crippen LogP contribution in [0.2, 0.25) is 0 Å². The van der Waals surface area contributed by atoms with Gasteiger partial charge in [0.1, 0.15) is 0 Å². The second kappa shape index (κ2) is 0.620. The molecule has 3 nitrogen and oxygen atoms in total. The minimum atomic E-state index is -2.39. The van der Waals surface area contributed by atoms with Crippen LogP contribution in [0.25, 0.3) is 0 Å². The maximum Gasteiger partial charge on any atom is 0.382 e. The number of rotatable bonds is 0. The first-order valence-electron chi connectivity index (χ1n) is 1.16. The van der Waals surface area contributed by atoms with Crippen molar-refractivity contribution in [2.45, 2.75) is 0 Å². The van der Waals surface area contributed by atoms with Gasteiger partial charge >= 0.3 is 7.60 Å². The van der Waals surface area contributed by atoms with Crippen molar-refractivity contribution in [3.05, 3.63) is 0 Å². The Kier molecular flexibility index (Phi) is 0.415. The molecule has 0 unspecified atom stereocenters. The molecule has 0 radical (unpaired) electrons. The van der Waals surface area contributed by atoms with Crippen LogP contribution in [-0.2, 0) is 13.9 Å². The maximum absolute atomic E-state index is 9.88. The summed E-state index contributed by atoms with van der Waals surface area (Å²) in [5.41, 5.74) is 0. The van der Waals surface area contributed by atoms with E-state index in [9.17, 15) is 4.57 Å². The molecule has 1 saturated heterocycles. The minimum Gasteiger partial charge on any atom is -0.255 e. The highest BCUT2D eigenvalue weighted by molar-refractivity contribution is 7.57. The van der Waals surface area contributed by atoms with Gasteiger partial charge in [-0.25, -0.2) is 0 Å². The van der Waals surface area contributed by atoms with Crippen LogP contribution in [0.3, 0.4) is 0 Å². The summed E-state index contributed by atoms with van der Waals surface area (Å²) in [4.78, 5) is 0. The lowest BCUT2D eigenvalue weighted by Crippen LogP contribution is -1.33. The summed E-state index contributed by atoms with van der Waals surface area (Å²) in [6.07, 6.45) is 0. The molecule has 1 aliphatic heterocycles. The van der Waals surface area contributed by atoms with Crippen molar-refractivity contribution in [3.8, 4) is 0 Å². The van der Waals surface area contributed by atoms with Crippen molar-refractivity contribution in [1.29, 1.82) is 0 Å². The maximum atomic E-state index is 9.88. The summed E-state index contributed by atoms with van der Waals surface area (Å²) in [6, 6.07) is 0. The Morgan fingerprint density at radius 1 is 1.60 bits per heavy atom. The van der Waals surface area contributed by atoms with E-state index in [4.69, 9.17) is 0 Å². The van der Waals surface area contributed by atoms with Crippen molar-refractivity contribution in [2.24, 2.45) is 0 Å². The van der Waals surface area contributed by atoms with Crippen LogP contribution in [0.4, 0.5) is 0 Å². The first kappa shape index (κ1) is 3.34. The molecule has 0 aromatic carbocycles. The van der Waals surface area contributed by atoms with Gasteiger partial charge in [-0.05, 0) is 0 Å². The lowest BCUT2D eigenvalue weighted by atomic mass is 12.0. The van der Waals surface area contributed by atoms with E-state index < -0.39 is 7.60 Å². The molecule has 0 atom stereocenters. The molecule has 0 amide bonds. The Hall–Kier alpha value is 0.150. The molecule has 4 heteroatoms. The fraction of sp³-hybridized carbons (Fsp3) is 1.00. The van der Waals surface area contributed by atoms with Crippen molar-refractivity contribution < 1.29 is 13.9 Å². The van der Waals surface area contributed by atoms with Crippen molar-refractivity contribution >= 4 is 7.60 Å². The van der Waals surface area contributed by atoms with E-state index in [0.717, 1.165) is 0 Å². The summed E-state index contributed by atoms with van der Waals surface area (Å²) in [5, 5.41) is 0. The molecule has 0 aliphatic carbocycles. The zero-order chi connectivity index (χ0) is 3.91. The lowest BCUT2D eigenvalue weighted by Gasteiger charge is -1.51. The quantitative estimate of drug-likeness (QED) is 0.253. The van der Waals surface area contributed by atoms with Crippen LogP contribution < -0.4 is 0 Å². The molecular formula is CH3O3P. The molecule has 0 bridgehead atoms. The highest BCUT2D eigenvalue weighted by Crippen LogP contribution is 2.60. The van der Waals surface area contributed by atoms with E-state index in [1.165, 1.54) is 6.66 Å². The number of hydrogen-bond donors (Lipinski definition) is 0. The highest BCUT2D eigenvalue weighted by atomic mass is 31.2. The Bertz CT molecular complexity index is 78.9. The fourth-order valence-electron chi connectivity index (χ4n) is 0.0469. The SMILES string of the molecule is CP1(=O)OO1. The molecule has 0 saturated carbocycles. The van der Waals surface area contributed by atoms with Crippen LogP contribution in [-0.4, -0.2) is 6.66 Å². The van der Waals surface area contributed by atoms with Crippen molar-refractivity contribution in [3.63, 3.8) is 0 Å². The standard InChI is InChI=1S/CH3O3P/c1-5(2)3-4-5/h1H3. The van der Waals surface area contributed by atoms with Gasteiger partial charge < -0.3 is 0 Å². The lowest BCUT2D eigenvalue weighted by molar-refractivity contribution is 0.0850. The first-order chi connectivity index (χ1) is 2.21. The molecule has 5 heavy (non-hydrogen) atoms. The summed E-state index contributed by atoms with van der Waals surface area (Å²) in [5.74, 6) is 0. The van der Waals surface area contributed by atoms with Gasteiger partial charge in [-0.15, -0.1) is 9.35 Å². The zero-order valence-corrected chi connectivity index (χ0v) is 3.57. The van der Waals surface area contributed by atoms with Gasteiger partial charge in [-0.3, -0.25) is 4.57 Å². The average Bonchev–Trinajstić information content (AvgIpc) is 1.76. The molecule has 0 aromatic heterocycles. The van der Waals surface area contributed by atoms with E-state index in [1.807, 2.05) is 0 Å². The Morgan fingerprint density at radius 3 is 1.80 bits per heavy atom. The van der Waals surface area contributed by atoms with Crippen LogP contribution in [0, 0.1) is 0 Å². The van der Waals surface area contributed by atoms with Gasteiger partial charge in [0.15, 0.2) is 0 Å². The van der Waals surface area contributed by atoms with Crippen LogP contribution in [0.1, 0.15) is 0 Å². The second-order valence-electron chi connectivity index (χ2n) is 0.920. The molecule has 1 rings (SSSR count). The summed E-state index contributed by atoms with van der Waals surface area (Å²) in [6.45, 7) is 1.41. The molecule has 30 valence electrons. The predicted molar refractivity (Wildman–Crippen MR) is 15.7 cm³/mol. The van der Waals surface area contributed by atoms with E-state index in [-0.39, 0.29) is 0 Å². The van der Waals surface area contributed by atoms with Gasteiger partial charge in [-0.2, -0.15) is 0 Å². The van der Waals surface area contributed by atoms with E-state index in [2.05, 4.69) is 9.35 Å². The molecular weight excluding hydrogens is 91.0 g/mol. The fourth-order valence-corrected chi connectivity index (χ4v) is 0.422. The predicted octanol–water partition coefficient (Wildman–Crippen LogP) is 0.771. The average molecular weight is 94.0 g/mol. The zero-order valence-electron chi connectivity index (χ0n) is 2.67. The molecule has 1 heterocycles. The smallest absolute Gasteiger partial charge is 0.255 e. The van der Waals surface area contributed by atoms with Gasteiger partial charge in [-0.1, -0.05) is 0 Å². The van der Waals surface area contributed by atoms with E-state index in [1.54, 1.807) is 0 Å². The van der Waals surface area contributed by atoms with Gasteiger partial charge in [0.05, 0.1) is 0 Å². The third-order valence-corrected chi connectivity index (χ3v) is 0.853. The Labute approximate surface area is 29.4 Å². The third kappa shape index (κ3) is 0.723. The monoisotopic (exact) mass is 94.0 g/mol.